The first-order chi connectivity index (χ1) is 14.3. The maximum absolute atomic E-state index is 13.0. The Kier molecular flexibility index (Phi) is 6.67. The second kappa shape index (κ2) is 9.22. The number of amides is 3. The molecular weight excluding hydrogens is 404 g/mol. The van der Waals surface area contributed by atoms with Crippen LogP contribution in [0.25, 0.3) is 0 Å². The molecule has 0 spiro atoms. The highest BCUT2D eigenvalue weighted by atomic mass is 35.5. The zero-order valence-electron chi connectivity index (χ0n) is 17.1. The van der Waals surface area contributed by atoms with Crippen LogP contribution >= 0.6 is 11.6 Å². The van der Waals surface area contributed by atoms with Gasteiger partial charge in [-0.15, -0.1) is 0 Å². The van der Waals surface area contributed by atoms with Crippen LogP contribution in [0.3, 0.4) is 0 Å². The van der Waals surface area contributed by atoms with Gasteiger partial charge in [0.2, 0.25) is 0 Å². The molecule has 3 rings (SSSR count). The van der Waals surface area contributed by atoms with Crippen LogP contribution in [0.2, 0.25) is 5.02 Å². The van der Waals surface area contributed by atoms with Gasteiger partial charge in [-0.3, -0.25) is 9.69 Å². The Morgan fingerprint density at radius 1 is 1.07 bits per heavy atom. The van der Waals surface area contributed by atoms with Crippen LogP contribution in [-0.2, 0) is 10.3 Å². The third kappa shape index (κ3) is 4.94. The van der Waals surface area contributed by atoms with Gasteiger partial charge in [0.15, 0.2) is 0 Å². The second-order valence-electron chi connectivity index (χ2n) is 7.44. The molecule has 0 bridgehead atoms. The van der Waals surface area contributed by atoms with E-state index in [9.17, 15) is 9.59 Å². The summed E-state index contributed by atoms with van der Waals surface area (Å²) in [6, 6.07) is 13.8. The van der Waals surface area contributed by atoms with E-state index in [1.165, 1.54) is 4.90 Å². The van der Waals surface area contributed by atoms with Gasteiger partial charge in [0.1, 0.15) is 23.6 Å². The number of carbonyl (C=O) groups excluding carboxylic acids is 2. The molecule has 1 unspecified atom stereocenters. The van der Waals surface area contributed by atoms with Crippen molar-refractivity contribution in [1.29, 1.82) is 0 Å². The molecular formula is C23H25ClN2O4. The Bertz CT molecular complexity index is 927. The fourth-order valence-electron chi connectivity index (χ4n) is 3.13. The molecule has 1 atom stereocenters. The average Bonchev–Trinajstić information content (AvgIpc) is 2.95. The van der Waals surface area contributed by atoms with Gasteiger partial charge in [0, 0.05) is 11.6 Å². The molecule has 0 aromatic heterocycles. The first kappa shape index (κ1) is 21.7. The number of nitrogens with one attached hydrogen (secondary N) is 1. The first-order valence-electron chi connectivity index (χ1n) is 9.70. The molecule has 3 amide bonds. The number of halogens is 1. The van der Waals surface area contributed by atoms with E-state index in [-0.39, 0.29) is 12.5 Å². The summed E-state index contributed by atoms with van der Waals surface area (Å²) in [5, 5.41) is 3.44. The molecule has 1 aliphatic heterocycles. The molecule has 1 fully saturated rings. The van der Waals surface area contributed by atoms with Crippen molar-refractivity contribution in [3.05, 3.63) is 71.3 Å². The Morgan fingerprint density at radius 2 is 1.67 bits per heavy atom. The van der Waals surface area contributed by atoms with E-state index in [4.69, 9.17) is 21.1 Å². The van der Waals surface area contributed by atoms with Gasteiger partial charge < -0.3 is 14.8 Å². The van der Waals surface area contributed by atoms with Crippen molar-refractivity contribution in [3.63, 3.8) is 0 Å². The summed E-state index contributed by atoms with van der Waals surface area (Å²) in [6.45, 7) is 8.48. The van der Waals surface area contributed by atoms with Gasteiger partial charge in [0.05, 0.1) is 6.61 Å². The predicted octanol–water partition coefficient (Wildman–Crippen LogP) is 4.53. The number of rotatable bonds is 9. The normalized spacial score (nSPS) is 18.3. The molecule has 0 aliphatic carbocycles. The molecule has 30 heavy (non-hydrogen) atoms. The monoisotopic (exact) mass is 428 g/mol. The Hall–Kier alpha value is -2.99. The number of hydrogen-bond donors (Lipinski definition) is 1. The van der Waals surface area contributed by atoms with E-state index in [1.807, 2.05) is 6.92 Å². The van der Waals surface area contributed by atoms with Crippen LogP contribution < -0.4 is 14.8 Å². The van der Waals surface area contributed by atoms with Gasteiger partial charge in [-0.05, 0) is 67.8 Å². The summed E-state index contributed by atoms with van der Waals surface area (Å²) in [4.78, 5) is 26.6. The zero-order valence-corrected chi connectivity index (χ0v) is 17.9. The lowest BCUT2D eigenvalue weighted by Gasteiger charge is -2.22. The van der Waals surface area contributed by atoms with Gasteiger partial charge in [-0.1, -0.05) is 30.3 Å². The minimum atomic E-state index is -1.11. The Balaban J connectivity index is 1.57. The molecule has 1 N–H and O–H groups in total. The van der Waals surface area contributed by atoms with Gasteiger partial charge in [0.25, 0.3) is 5.91 Å². The summed E-state index contributed by atoms with van der Waals surface area (Å²) < 4.78 is 11.2. The quantitative estimate of drug-likeness (QED) is 0.362. The summed E-state index contributed by atoms with van der Waals surface area (Å²) in [5.41, 5.74) is 0.504. The summed E-state index contributed by atoms with van der Waals surface area (Å²) in [7, 11) is 0. The smallest absolute Gasteiger partial charge is 0.325 e. The van der Waals surface area contributed by atoms with Gasteiger partial charge in [-0.2, -0.15) is 0 Å². The number of imide groups is 1. The lowest BCUT2D eigenvalue weighted by atomic mass is 9.92. The predicted molar refractivity (Wildman–Crippen MR) is 116 cm³/mol. The number of carbonyl (C=O) groups is 2. The van der Waals surface area contributed by atoms with Crippen LogP contribution in [0.15, 0.2) is 60.7 Å². The SMILES string of the molecule is C=C(C)COc1ccc(C2(C)NC(=O)N(CCCOc3ccc(Cl)cc3)C2=O)cc1. The van der Waals surface area contributed by atoms with Crippen LogP contribution in [0.4, 0.5) is 4.79 Å². The third-order valence-electron chi connectivity index (χ3n) is 4.80. The molecule has 2 aromatic rings. The van der Waals surface area contributed by atoms with E-state index in [0.717, 1.165) is 5.57 Å². The zero-order chi connectivity index (χ0) is 21.7. The first-order valence-corrected chi connectivity index (χ1v) is 10.1. The summed E-state index contributed by atoms with van der Waals surface area (Å²) >= 11 is 5.85. The van der Waals surface area contributed by atoms with Crippen molar-refractivity contribution in [3.8, 4) is 11.5 Å². The average molecular weight is 429 g/mol. The number of nitrogens with zero attached hydrogens (tertiary/aromatic N) is 1. The number of urea groups is 1. The van der Waals surface area contributed by atoms with E-state index in [0.29, 0.717) is 41.7 Å². The molecule has 0 radical (unpaired) electrons. The standard InChI is InChI=1S/C23H25ClN2O4/c1-16(2)15-30-20-9-5-17(6-10-20)23(3)21(27)26(22(28)25-23)13-4-14-29-19-11-7-18(24)8-12-19/h5-12H,1,4,13-15H2,2-3H3,(H,25,28). The summed E-state index contributed by atoms with van der Waals surface area (Å²) in [6.07, 6.45) is 0.519. The number of ether oxygens (including phenoxy) is 2. The topological polar surface area (TPSA) is 67.9 Å². The van der Waals surface area contributed by atoms with Crippen LogP contribution in [0.5, 0.6) is 11.5 Å². The maximum Gasteiger partial charge on any atom is 0.325 e. The molecule has 0 saturated carbocycles. The van der Waals surface area contributed by atoms with Crippen LogP contribution in [-0.4, -0.2) is 36.6 Å². The maximum atomic E-state index is 13.0. The Labute approximate surface area is 181 Å². The van der Waals surface area contributed by atoms with Crippen LogP contribution in [0.1, 0.15) is 25.8 Å². The van der Waals surface area contributed by atoms with Crippen molar-refractivity contribution in [1.82, 2.24) is 10.2 Å². The van der Waals surface area contributed by atoms with Crippen molar-refractivity contribution in [2.75, 3.05) is 19.8 Å². The minimum Gasteiger partial charge on any atom is -0.494 e. The van der Waals surface area contributed by atoms with Crippen molar-refractivity contribution < 1.29 is 19.1 Å². The molecule has 1 saturated heterocycles. The largest absolute Gasteiger partial charge is 0.494 e. The highest BCUT2D eigenvalue weighted by molar-refractivity contribution is 6.30. The fraction of sp³-hybridized carbons (Fsp3) is 0.304. The number of hydrogen-bond acceptors (Lipinski definition) is 4. The Morgan fingerprint density at radius 3 is 2.30 bits per heavy atom. The lowest BCUT2D eigenvalue weighted by Crippen LogP contribution is -2.41. The highest BCUT2D eigenvalue weighted by Crippen LogP contribution is 2.30. The molecule has 6 nitrogen and oxygen atoms in total. The molecule has 2 aromatic carbocycles. The van der Waals surface area contributed by atoms with Crippen molar-refractivity contribution >= 4 is 23.5 Å². The van der Waals surface area contributed by atoms with E-state index < -0.39 is 11.6 Å². The minimum absolute atomic E-state index is 0.271. The molecule has 1 aliphatic rings. The van der Waals surface area contributed by atoms with Gasteiger partial charge >= 0.3 is 6.03 Å². The molecule has 1 heterocycles. The van der Waals surface area contributed by atoms with Crippen LogP contribution in [0, 0.1) is 0 Å². The van der Waals surface area contributed by atoms with E-state index in [2.05, 4.69) is 11.9 Å². The van der Waals surface area contributed by atoms with Crippen molar-refractivity contribution in [2.24, 2.45) is 0 Å². The molecule has 158 valence electrons. The highest BCUT2D eigenvalue weighted by Gasteiger charge is 2.48. The number of benzene rings is 2. The van der Waals surface area contributed by atoms with E-state index in [1.54, 1.807) is 55.5 Å². The second-order valence-corrected chi connectivity index (χ2v) is 7.87. The molecule has 7 heteroatoms. The third-order valence-corrected chi connectivity index (χ3v) is 5.05. The summed E-state index contributed by atoms with van der Waals surface area (Å²) in [5.74, 6) is 1.09. The fourth-order valence-corrected chi connectivity index (χ4v) is 3.26. The van der Waals surface area contributed by atoms with Gasteiger partial charge in [-0.25, -0.2) is 4.79 Å². The van der Waals surface area contributed by atoms with E-state index >= 15 is 0 Å². The lowest BCUT2D eigenvalue weighted by molar-refractivity contribution is -0.131. The van der Waals surface area contributed by atoms with Crippen molar-refractivity contribution in [2.45, 2.75) is 25.8 Å².